The molecule has 2 aromatic heterocycles. The van der Waals surface area contributed by atoms with Gasteiger partial charge in [0, 0.05) is 16.6 Å². The first kappa shape index (κ1) is 11.0. The molecular formula is C11H8ClN3S2. The first-order valence-electron chi connectivity index (χ1n) is 5.00. The molecule has 0 atom stereocenters. The van der Waals surface area contributed by atoms with Crippen LogP contribution in [0.15, 0.2) is 29.8 Å². The molecule has 0 aliphatic carbocycles. The molecule has 0 saturated carbocycles. The monoisotopic (exact) mass is 281 g/mol. The predicted octanol–water partition coefficient (Wildman–Crippen LogP) is 3.86. The Morgan fingerprint density at radius 3 is 3.12 bits per heavy atom. The third-order valence-corrected chi connectivity index (χ3v) is 3.83. The molecule has 1 N–H and O–H groups in total. The van der Waals surface area contributed by atoms with E-state index in [-0.39, 0.29) is 0 Å². The molecule has 86 valence electrons. The molecule has 6 heteroatoms. The lowest BCUT2D eigenvalue weighted by molar-refractivity contribution is 0.803. The molecule has 3 aromatic rings. The Labute approximate surface area is 112 Å². The SMILES string of the molecule is S=c1[nH]c2cc(Cl)ccc2n1Cc1nccs1. The fourth-order valence-corrected chi connectivity index (χ4v) is 2.81. The van der Waals surface area contributed by atoms with Crippen molar-refractivity contribution in [2.45, 2.75) is 6.54 Å². The summed E-state index contributed by atoms with van der Waals surface area (Å²) >= 11 is 12.9. The Hall–Kier alpha value is -1.17. The van der Waals surface area contributed by atoms with Crippen molar-refractivity contribution < 1.29 is 0 Å². The number of fused-ring (bicyclic) bond motifs is 1. The number of nitrogens with zero attached hydrogens (tertiary/aromatic N) is 2. The molecule has 0 bridgehead atoms. The molecule has 3 rings (SSSR count). The highest BCUT2D eigenvalue weighted by molar-refractivity contribution is 7.71. The number of hydrogen-bond acceptors (Lipinski definition) is 3. The predicted molar refractivity (Wildman–Crippen MR) is 73.3 cm³/mol. The van der Waals surface area contributed by atoms with Crippen molar-refractivity contribution in [2.75, 3.05) is 0 Å². The molecule has 0 aliphatic heterocycles. The van der Waals surface area contributed by atoms with Crippen LogP contribution in [0.5, 0.6) is 0 Å². The third kappa shape index (κ3) is 2.01. The first-order valence-corrected chi connectivity index (χ1v) is 6.67. The Kier molecular flexibility index (Phi) is 2.74. The fraction of sp³-hybridized carbons (Fsp3) is 0.0909. The van der Waals surface area contributed by atoms with Gasteiger partial charge in [0.15, 0.2) is 4.77 Å². The normalized spacial score (nSPS) is 11.1. The zero-order valence-electron chi connectivity index (χ0n) is 8.68. The molecule has 0 unspecified atom stereocenters. The molecule has 1 aromatic carbocycles. The van der Waals surface area contributed by atoms with Gasteiger partial charge >= 0.3 is 0 Å². The molecule has 3 nitrogen and oxygen atoms in total. The van der Waals surface area contributed by atoms with Crippen LogP contribution in [0.4, 0.5) is 0 Å². The van der Waals surface area contributed by atoms with Crippen LogP contribution in [0.25, 0.3) is 11.0 Å². The summed E-state index contributed by atoms with van der Waals surface area (Å²) < 4.78 is 2.72. The van der Waals surface area contributed by atoms with E-state index < -0.39 is 0 Å². The fourth-order valence-electron chi connectivity index (χ4n) is 1.76. The molecule has 17 heavy (non-hydrogen) atoms. The van der Waals surface area contributed by atoms with Gasteiger partial charge in [0.05, 0.1) is 17.6 Å². The summed E-state index contributed by atoms with van der Waals surface area (Å²) in [6.45, 7) is 0.693. The van der Waals surface area contributed by atoms with Gasteiger partial charge < -0.3 is 9.55 Å². The number of H-pyrrole nitrogens is 1. The second-order valence-electron chi connectivity index (χ2n) is 3.60. The van der Waals surface area contributed by atoms with E-state index in [1.165, 1.54) is 0 Å². The maximum atomic E-state index is 5.95. The van der Waals surface area contributed by atoms with E-state index in [1.807, 2.05) is 28.1 Å². The van der Waals surface area contributed by atoms with Crippen LogP contribution < -0.4 is 0 Å². The molecule has 0 spiro atoms. The number of nitrogens with one attached hydrogen (secondary N) is 1. The summed E-state index contributed by atoms with van der Waals surface area (Å²) in [5.41, 5.74) is 2.01. The van der Waals surface area contributed by atoms with Crippen LogP contribution in [0.2, 0.25) is 5.02 Å². The largest absolute Gasteiger partial charge is 0.331 e. The zero-order valence-corrected chi connectivity index (χ0v) is 11.1. The number of imidazole rings is 1. The topological polar surface area (TPSA) is 33.6 Å². The van der Waals surface area contributed by atoms with E-state index >= 15 is 0 Å². The molecular weight excluding hydrogens is 274 g/mol. The van der Waals surface area contributed by atoms with Crippen LogP contribution in [0, 0.1) is 4.77 Å². The van der Waals surface area contributed by atoms with Crippen molar-refractivity contribution in [3.63, 3.8) is 0 Å². The molecule has 0 aliphatic rings. The number of halogens is 1. The summed E-state index contributed by atoms with van der Waals surface area (Å²) in [4.78, 5) is 7.42. The summed E-state index contributed by atoms with van der Waals surface area (Å²) in [6.07, 6.45) is 1.80. The Bertz CT molecular complexity index is 712. The highest BCUT2D eigenvalue weighted by Gasteiger charge is 2.06. The number of aromatic amines is 1. The van der Waals surface area contributed by atoms with E-state index in [0.717, 1.165) is 16.0 Å². The van der Waals surface area contributed by atoms with Crippen molar-refractivity contribution in [2.24, 2.45) is 0 Å². The Morgan fingerprint density at radius 1 is 1.47 bits per heavy atom. The minimum atomic E-state index is 0.692. The average molecular weight is 282 g/mol. The van der Waals surface area contributed by atoms with Crippen LogP contribution in [0.3, 0.4) is 0 Å². The number of rotatable bonds is 2. The van der Waals surface area contributed by atoms with Gasteiger partial charge in [-0.3, -0.25) is 0 Å². The second kappa shape index (κ2) is 4.25. The van der Waals surface area contributed by atoms with E-state index in [9.17, 15) is 0 Å². The van der Waals surface area contributed by atoms with Crippen molar-refractivity contribution in [1.82, 2.24) is 14.5 Å². The van der Waals surface area contributed by atoms with Gasteiger partial charge in [0.1, 0.15) is 5.01 Å². The Morgan fingerprint density at radius 2 is 2.35 bits per heavy atom. The van der Waals surface area contributed by atoms with Gasteiger partial charge in [0.25, 0.3) is 0 Å². The van der Waals surface area contributed by atoms with Gasteiger partial charge in [-0.25, -0.2) is 4.98 Å². The lowest BCUT2D eigenvalue weighted by atomic mass is 10.3. The molecule has 2 heterocycles. The summed E-state index contributed by atoms with van der Waals surface area (Å²) in [5, 5.41) is 3.71. The van der Waals surface area contributed by atoms with Gasteiger partial charge in [-0.1, -0.05) is 11.6 Å². The highest BCUT2D eigenvalue weighted by Crippen LogP contribution is 2.20. The summed E-state index contributed by atoms with van der Waals surface area (Å²) in [6, 6.07) is 5.72. The molecule has 0 fully saturated rings. The molecule has 0 radical (unpaired) electrons. The molecule has 0 amide bonds. The third-order valence-electron chi connectivity index (χ3n) is 2.51. The van der Waals surface area contributed by atoms with E-state index in [4.69, 9.17) is 23.8 Å². The van der Waals surface area contributed by atoms with Crippen LogP contribution in [-0.4, -0.2) is 14.5 Å². The summed E-state index contributed by atoms with van der Waals surface area (Å²) in [7, 11) is 0. The van der Waals surface area contributed by atoms with Crippen LogP contribution in [0.1, 0.15) is 5.01 Å². The second-order valence-corrected chi connectivity index (χ2v) is 5.41. The van der Waals surface area contributed by atoms with Crippen molar-refractivity contribution in [1.29, 1.82) is 0 Å². The minimum absolute atomic E-state index is 0.692. The van der Waals surface area contributed by atoms with Gasteiger partial charge in [-0.2, -0.15) is 0 Å². The highest BCUT2D eigenvalue weighted by atomic mass is 35.5. The zero-order chi connectivity index (χ0) is 11.8. The lowest BCUT2D eigenvalue weighted by Gasteiger charge is -2.01. The lowest BCUT2D eigenvalue weighted by Crippen LogP contribution is -1.98. The number of benzene rings is 1. The number of aromatic nitrogens is 3. The van der Waals surface area contributed by atoms with Crippen molar-refractivity contribution in [3.05, 3.63) is 44.6 Å². The smallest absolute Gasteiger partial charge is 0.178 e. The number of hydrogen-bond donors (Lipinski definition) is 1. The van der Waals surface area contributed by atoms with Gasteiger partial charge in [0.2, 0.25) is 0 Å². The van der Waals surface area contributed by atoms with Crippen LogP contribution >= 0.6 is 35.2 Å². The van der Waals surface area contributed by atoms with Gasteiger partial charge in [-0.15, -0.1) is 11.3 Å². The number of thiazole rings is 1. The standard InChI is InChI=1S/C11H8ClN3S2/c12-7-1-2-9-8(5-7)14-11(16)15(9)6-10-13-3-4-17-10/h1-5H,6H2,(H,14,16). The minimum Gasteiger partial charge on any atom is -0.331 e. The quantitative estimate of drug-likeness (QED) is 0.724. The van der Waals surface area contributed by atoms with E-state index in [1.54, 1.807) is 17.5 Å². The van der Waals surface area contributed by atoms with Crippen molar-refractivity contribution >= 4 is 46.2 Å². The van der Waals surface area contributed by atoms with Gasteiger partial charge in [-0.05, 0) is 30.4 Å². The maximum absolute atomic E-state index is 5.95. The van der Waals surface area contributed by atoms with E-state index in [0.29, 0.717) is 16.3 Å². The first-order chi connectivity index (χ1) is 8.24. The van der Waals surface area contributed by atoms with Crippen LogP contribution in [-0.2, 0) is 6.54 Å². The van der Waals surface area contributed by atoms with E-state index in [2.05, 4.69) is 9.97 Å². The van der Waals surface area contributed by atoms with Crippen molar-refractivity contribution in [3.8, 4) is 0 Å². The molecule has 0 saturated heterocycles. The Balaban J connectivity index is 2.16. The summed E-state index contributed by atoms with van der Waals surface area (Å²) in [5.74, 6) is 0. The maximum Gasteiger partial charge on any atom is 0.178 e. The average Bonchev–Trinajstić information content (AvgIpc) is 2.88.